The first kappa shape index (κ1) is 18.6. The fourth-order valence-electron chi connectivity index (χ4n) is 3.14. The SMILES string of the molecule is COc1ccc2c(c1)C(=O)CCN2C(=O)c1cc(OC)c(OC)c(OC)c1. The second-order valence-electron chi connectivity index (χ2n) is 5.93. The first-order valence-electron chi connectivity index (χ1n) is 8.37. The second kappa shape index (κ2) is 7.57. The molecule has 0 bridgehead atoms. The highest BCUT2D eigenvalue weighted by Crippen LogP contribution is 2.39. The van der Waals surface area contributed by atoms with Crippen LogP contribution in [0.4, 0.5) is 5.69 Å². The Hall–Kier alpha value is -3.22. The van der Waals surface area contributed by atoms with E-state index in [2.05, 4.69) is 0 Å². The molecule has 0 fully saturated rings. The van der Waals surface area contributed by atoms with E-state index in [4.69, 9.17) is 18.9 Å². The average Bonchev–Trinajstić information content (AvgIpc) is 2.72. The largest absolute Gasteiger partial charge is 0.497 e. The molecule has 0 N–H and O–H groups in total. The summed E-state index contributed by atoms with van der Waals surface area (Å²) in [6.07, 6.45) is 0.246. The van der Waals surface area contributed by atoms with E-state index in [0.717, 1.165) is 0 Å². The number of benzene rings is 2. The first-order chi connectivity index (χ1) is 13.0. The van der Waals surface area contributed by atoms with Crippen LogP contribution in [-0.4, -0.2) is 46.7 Å². The number of carbonyl (C=O) groups excluding carboxylic acids is 2. The molecule has 27 heavy (non-hydrogen) atoms. The minimum Gasteiger partial charge on any atom is -0.497 e. The van der Waals surface area contributed by atoms with Crippen LogP contribution in [0.2, 0.25) is 0 Å². The first-order valence-corrected chi connectivity index (χ1v) is 8.37. The van der Waals surface area contributed by atoms with Gasteiger partial charge in [-0.3, -0.25) is 9.59 Å². The fourth-order valence-corrected chi connectivity index (χ4v) is 3.14. The van der Waals surface area contributed by atoms with Crippen molar-refractivity contribution in [1.82, 2.24) is 0 Å². The van der Waals surface area contributed by atoms with Gasteiger partial charge in [0.05, 0.1) is 34.1 Å². The van der Waals surface area contributed by atoms with Crippen LogP contribution < -0.4 is 23.8 Å². The van der Waals surface area contributed by atoms with E-state index in [1.807, 2.05) is 0 Å². The molecular weight excluding hydrogens is 350 g/mol. The van der Waals surface area contributed by atoms with Crippen molar-refractivity contribution in [2.24, 2.45) is 0 Å². The third kappa shape index (κ3) is 3.28. The van der Waals surface area contributed by atoms with Crippen molar-refractivity contribution >= 4 is 17.4 Å². The molecule has 0 unspecified atom stereocenters. The number of anilines is 1. The van der Waals surface area contributed by atoms with E-state index in [-0.39, 0.29) is 18.1 Å². The Balaban J connectivity index is 2.05. The van der Waals surface area contributed by atoms with Crippen LogP contribution >= 0.6 is 0 Å². The van der Waals surface area contributed by atoms with Gasteiger partial charge in [-0.2, -0.15) is 0 Å². The molecule has 1 aliphatic heterocycles. The lowest BCUT2D eigenvalue weighted by molar-refractivity contribution is 0.0954. The summed E-state index contributed by atoms with van der Waals surface area (Å²) in [4.78, 5) is 27.1. The highest BCUT2D eigenvalue weighted by Gasteiger charge is 2.29. The number of hydrogen-bond acceptors (Lipinski definition) is 6. The number of carbonyl (C=O) groups is 2. The van der Waals surface area contributed by atoms with Gasteiger partial charge >= 0.3 is 0 Å². The van der Waals surface area contributed by atoms with Gasteiger partial charge in [0.15, 0.2) is 17.3 Å². The summed E-state index contributed by atoms with van der Waals surface area (Å²) in [7, 11) is 6.02. The van der Waals surface area contributed by atoms with Gasteiger partial charge in [0.1, 0.15) is 5.75 Å². The molecule has 0 atom stereocenters. The summed E-state index contributed by atoms with van der Waals surface area (Å²) in [5, 5.41) is 0. The van der Waals surface area contributed by atoms with E-state index in [0.29, 0.717) is 46.4 Å². The quantitative estimate of drug-likeness (QED) is 0.805. The van der Waals surface area contributed by atoms with Gasteiger partial charge in [0, 0.05) is 24.1 Å². The molecule has 0 radical (unpaired) electrons. The lowest BCUT2D eigenvalue weighted by Crippen LogP contribution is -2.37. The molecule has 7 nitrogen and oxygen atoms in total. The monoisotopic (exact) mass is 371 g/mol. The van der Waals surface area contributed by atoms with Crippen LogP contribution in [0.5, 0.6) is 23.0 Å². The van der Waals surface area contributed by atoms with Crippen molar-refractivity contribution in [3.63, 3.8) is 0 Å². The number of ketones is 1. The minimum absolute atomic E-state index is 0.0159. The number of ether oxygens (including phenoxy) is 4. The maximum atomic E-state index is 13.2. The van der Waals surface area contributed by atoms with Gasteiger partial charge in [0.25, 0.3) is 5.91 Å². The number of nitrogens with zero attached hydrogens (tertiary/aromatic N) is 1. The summed E-state index contributed by atoms with van der Waals surface area (Å²) in [6.45, 7) is 0.299. The van der Waals surface area contributed by atoms with Gasteiger partial charge < -0.3 is 23.8 Å². The van der Waals surface area contributed by atoms with Crippen LogP contribution in [-0.2, 0) is 0 Å². The molecule has 0 aliphatic carbocycles. The Labute approximate surface area is 157 Å². The number of fused-ring (bicyclic) bond motifs is 1. The zero-order valence-electron chi connectivity index (χ0n) is 15.7. The average molecular weight is 371 g/mol. The zero-order chi connectivity index (χ0) is 19.6. The molecule has 1 aliphatic rings. The Kier molecular flexibility index (Phi) is 5.21. The van der Waals surface area contributed by atoms with Crippen LogP contribution in [0.25, 0.3) is 0 Å². The number of hydrogen-bond donors (Lipinski definition) is 0. The highest BCUT2D eigenvalue weighted by atomic mass is 16.5. The number of methoxy groups -OCH3 is 4. The number of amides is 1. The Morgan fingerprint density at radius 2 is 1.59 bits per heavy atom. The normalized spacial score (nSPS) is 13.0. The van der Waals surface area contributed by atoms with E-state index in [9.17, 15) is 9.59 Å². The molecule has 1 heterocycles. The lowest BCUT2D eigenvalue weighted by Gasteiger charge is -2.29. The van der Waals surface area contributed by atoms with E-state index in [1.165, 1.54) is 28.4 Å². The minimum atomic E-state index is -0.256. The number of Topliss-reactive ketones (excluding diaryl/α,β-unsaturated/α-hetero) is 1. The zero-order valence-corrected chi connectivity index (χ0v) is 15.7. The molecule has 2 aromatic rings. The van der Waals surface area contributed by atoms with Gasteiger partial charge in [0.2, 0.25) is 5.75 Å². The van der Waals surface area contributed by atoms with Crippen molar-refractivity contribution in [2.75, 3.05) is 39.9 Å². The van der Waals surface area contributed by atoms with Gasteiger partial charge in [-0.15, -0.1) is 0 Å². The van der Waals surface area contributed by atoms with Crippen molar-refractivity contribution in [3.8, 4) is 23.0 Å². The molecule has 0 aromatic heterocycles. The number of rotatable bonds is 5. The smallest absolute Gasteiger partial charge is 0.258 e. The van der Waals surface area contributed by atoms with E-state index in [1.54, 1.807) is 35.2 Å². The predicted molar refractivity (Wildman–Crippen MR) is 99.7 cm³/mol. The third-order valence-corrected chi connectivity index (χ3v) is 4.51. The molecule has 3 rings (SSSR count). The van der Waals surface area contributed by atoms with Crippen molar-refractivity contribution in [3.05, 3.63) is 41.5 Å². The van der Waals surface area contributed by atoms with Crippen LogP contribution in [0.1, 0.15) is 27.1 Å². The van der Waals surface area contributed by atoms with Crippen LogP contribution in [0.15, 0.2) is 30.3 Å². The Morgan fingerprint density at radius 3 is 2.15 bits per heavy atom. The third-order valence-electron chi connectivity index (χ3n) is 4.51. The molecule has 0 saturated heterocycles. The molecule has 0 spiro atoms. The van der Waals surface area contributed by atoms with Crippen molar-refractivity contribution < 1.29 is 28.5 Å². The molecule has 142 valence electrons. The summed E-state index contributed by atoms with van der Waals surface area (Å²) in [5.41, 5.74) is 1.41. The summed E-state index contributed by atoms with van der Waals surface area (Å²) in [6, 6.07) is 8.31. The summed E-state index contributed by atoms with van der Waals surface area (Å²) in [5.74, 6) is 1.50. The topological polar surface area (TPSA) is 74.3 Å². The maximum Gasteiger partial charge on any atom is 0.258 e. The lowest BCUT2D eigenvalue weighted by atomic mass is 9.99. The second-order valence-corrected chi connectivity index (χ2v) is 5.93. The maximum absolute atomic E-state index is 13.2. The fraction of sp³-hybridized carbons (Fsp3) is 0.300. The Morgan fingerprint density at radius 1 is 0.926 bits per heavy atom. The standard InChI is InChI=1S/C20H21NO6/c1-24-13-5-6-15-14(11-13)16(22)7-8-21(15)20(23)12-9-17(25-2)19(27-4)18(10-12)26-3/h5-6,9-11H,7-8H2,1-4H3. The van der Waals surface area contributed by atoms with Gasteiger partial charge in [-0.05, 0) is 30.3 Å². The molecular formula is C20H21NO6. The highest BCUT2D eigenvalue weighted by molar-refractivity contribution is 6.13. The van der Waals surface area contributed by atoms with Crippen LogP contribution in [0, 0.1) is 0 Å². The molecule has 2 aromatic carbocycles. The van der Waals surface area contributed by atoms with E-state index >= 15 is 0 Å². The molecule has 1 amide bonds. The Bertz CT molecular complexity index is 867. The van der Waals surface area contributed by atoms with Gasteiger partial charge in [-0.1, -0.05) is 0 Å². The van der Waals surface area contributed by atoms with E-state index < -0.39 is 0 Å². The van der Waals surface area contributed by atoms with Gasteiger partial charge in [-0.25, -0.2) is 0 Å². The molecule has 7 heteroatoms. The van der Waals surface area contributed by atoms with Crippen LogP contribution in [0.3, 0.4) is 0 Å². The summed E-state index contributed by atoms with van der Waals surface area (Å²) >= 11 is 0. The molecule has 0 saturated carbocycles. The van der Waals surface area contributed by atoms with Crippen molar-refractivity contribution in [2.45, 2.75) is 6.42 Å². The predicted octanol–water partition coefficient (Wildman–Crippen LogP) is 2.95. The summed E-state index contributed by atoms with van der Waals surface area (Å²) < 4.78 is 21.1. The van der Waals surface area contributed by atoms with Crippen molar-refractivity contribution in [1.29, 1.82) is 0 Å².